The van der Waals surface area contributed by atoms with Gasteiger partial charge < -0.3 is 10.1 Å². The Kier molecular flexibility index (Phi) is 4.80. The average molecular weight is 375 g/mol. The van der Waals surface area contributed by atoms with Gasteiger partial charge in [0.05, 0.1) is 19.5 Å². The van der Waals surface area contributed by atoms with Crippen LogP contribution in [0.1, 0.15) is 6.92 Å². The number of aromatic nitrogens is 4. The van der Waals surface area contributed by atoms with Crippen molar-refractivity contribution in [2.24, 2.45) is 0 Å². The fourth-order valence-corrected chi connectivity index (χ4v) is 3.06. The number of nitrogens with one attached hydrogen (secondary N) is 1. The van der Waals surface area contributed by atoms with E-state index in [2.05, 4.69) is 25.5 Å². The molecule has 0 aliphatic carbocycles. The van der Waals surface area contributed by atoms with E-state index >= 15 is 0 Å². The highest BCUT2D eigenvalue weighted by atomic mass is 19.1. The molecule has 4 rings (SSSR count). The molecular weight excluding hydrogens is 357 g/mol. The molecule has 6 nitrogen and oxygen atoms in total. The highest BCUT2D eigenvalue weighted by Crippen LogP contribution is 2.36. The maximum Gasteiger partial charge on any atom is 0.163 e. The van der Waals surface area contributed by atoms with Gasteiger partial charge in [-0.15, -0.1) is 0 Å². The van der Waals surface area contributed by atoms with Gasteiger partial charge in [0.15, 0.2) is 5.82 Å². The summed E-state index contributed by atoms with van der Waals surface area (Å²) < 4.78 is 19.9. The van der Waals surface area contributed by atoms with Gasteiger partial charge in [-0.2, -0.15) is 10.2 Å². The first-order valence-electron chi connectivity index (χ1n) is 8.87. The molecule has 0 fully saturated rings. The van der Waals surface area contributed by atoms with Crippen LogP contribution in [0.2, 0.25) is 0 Å². The van der Waals surface area contributed by atoms with Crippen LogP contribution in [-0.4, -0.2) is 33.8 Å². The van der Waals surface area contributed by atoms with E-state index in [1.807, 2.05) is 13.0 Å². The van der Waals surface area contributed by atoms with Crippen molar-refractivity contribution in [2.75, 3.05) is 19.0 Å². The van der Waals surface area contributed by atoms with E-state index in [0.717, 1.165) is 10.9 Å². The van der Waals surface area contributed by atoms with E-state index in [9.17, 15) is 4.39 Å². The van der Waals surface area contributed by atoms with Crippen molar-refractivity contribution < 1.29 is 9.13 Å². The molecule has 0 aliphatic rings. The normalized spacial score (nSPS) is 10.8. The Bertz CT molecular complexity index is 1130. The molecule has 2 aromatic carbocycles. The first kappa shape index (κ1) is 17.8. The number of hydrogen-bond donors (Lipinski definition) is 1. The van der Waals surface area contributed by atoms with E-state index in [4.69, 9.17) is 4.74 Å². The zero-order valence-electron chi connectivity index (χ0n) is 15.5. The van der Waals surface area contributed by atoms with Crippen molar-refractivity contribution >= 4 is 16.7 Å². The van der Waals surface area contributed by atoms with E-state index in [1.54, 1.807) is 49.8 Å². The highest BCUT2D eigenvalue weighted by Gasteiger charge is 2.16. The third kappa shape index (κ3) is 3.22. The first-order chi connectivity index (χ1) is 13.7. The van der Waals surface area contributed by atoms with Crippen LogP contribution in [0.25, 0.3) is 33.4 Å². The number of ether oxygens (including phenoxy) is 1. The molecule has 0 saturated carbocycles. The Labute approximate surface area is 161 Å². The molecule has 0 saturated heterocycles. The lowest BCUT2D eigenvalue weighted by atomic mass is 10.0. The van der Waals surface area contributed by atoms with Crippen LogP contribution in [0.3, 0.4) is 0 Å². The first-order valence-corrected chi connectivity index (χ1v) is 8.87. The largest absolute Gasteiger partial charge is 0.494 e. The molecule has 0 atom stereocenters. The third-order valence-corrected chi connectivity index (χ3v) is 4.36. The van der Waals surface area contributed by atoms with Crippen LogP contribution >= 0.6 is 0 Å². The lowest BCUT2D eigenvalue weighted by Crippen LogP contribution is -2.04. The average Bonchev–Trinajstić information content (AvgIpc) is 2.74. The third-order valence-electron chi connectivity index (χ3n) is 4.36. The van der Waals surface area contributed by atoms with Crippen molar-refractivity contribution in [1.82, 2.24) is 20.2 Å². The van der Waals surface area contributed by atoms with Crippen LogP contribution in [-0.2, 0) is 0 Å². The predicted octanol–water partition coefficient (Wildman–Crippen LogP) is 4.33. The van der Waals surface area contributed by atoms with Gasteiger partial charge in [-0.3, -0.25) is 0 Å². The summed E-state index contributed by atoms with van der Waals surface area (Å²) in [6, 6.07) is 12.1. The second-order valence-corrected chi connectivity index (χ2v) is 6.11. The van der Waals surface area contributed by atoms with E-state index in [-0.39, 0.29) is 5.82 Å². The topological polar surface area (TPSA) is 72.8 Å². The number of hydrogen-bond acceptors (Lipinski definition) is 6. The van der Waals surface area contributed by atoms with Crippen LogP contribution in [0.15, 0.2) is 54.9 Å². The van der Waals surface area contributed by atoms with Gasteiger partial charge in [-0.1, -0.05) is 18.2 Å². The second-order valence-electron chi connectivity index (χ2n) is 6.11. The van der Waals surface area contributed by atoms with Crippen molar-refractivity contribution in [1.29, 1.82) is 0 Å². The van der Waals surface area contributed by atoms with Crippen LogP contribution in [0.5, 0.6) is 5.75 Å². The minimum absolute atomic E-state index is 0.297. The molecule has 2 heterocycles. The predicted molar refractivity (Wildman–Crippen MR) is 107 cm³/mol. The summed E-state index contributed by atoms with van der Waals surface area (Å²) in [5.41, 5.74) is 2.58. The van der Waals surface area contributed by atoms with E-state index in [1.165, 1.54) is 6.07 Å². The molecule has 0 amide bonds. The maximum absolute atomic E-state index is 14.3. The number of nitrogens with zero attached hydrogens (tertiary/aromatic N) is 4. The molecule has 0 radical (unpaired) electrons. The Hall–Kier alpha value is -3.61. The number of rotatable bonds is 5. The standard InChI is InChI=1S/C21H18FN5O/c1-3-23-21-16-10-14(15-6-4-5-7-17(15)22)11-18(28-2)19(16)26-20(27-21)13-8-9-24-25-12-13/h4-12H,3H2,1-2H3,(H,23,26,27). The van der Waals surface area contributed by atoms with E-state index in [0.29, 0.717) is 40.6 Å². The Morgan fingerprint density at radius 2 is 1.89 bits per heavy atom. The minimum Gasteiger partial charge on any atom is -0.494 e. The van der Waals surface area contributed by atoms with Crippen molar-refractivity contribution in [3.8, 4) is 28.3 Å². The minimum atomic E-state index is -0.297. The van der Waals surface area contributed by atoms with Crippen LogP contribution < -0.4 is 10.1 Å². The van der Waals surface area contributed by atoms with Crippen LogP contribution in [0, 0.1) is 5.82 Å². The van der Waals surface area contributed by atoms with Crippen molar-refractivity contribution in [2.45, 2.75) is 6.92 Å². The van der Waals surface area contributed by atoms with Gasteiger partial charge in [0.25, 0.3) is 0 Å². The summed E-state index contributed by atoms with van der Waals surface area (Å²) in [7, 11) is 1.57. The summed E-state index contributed by atoms with van der Waals surface area (Å²) >= 11 is 0. The highest BCUT2D eigenvalue weighted by molar-refractivity contribution is 5.97. The zero-order valence-corrected chi connectivity index (χ0v) is 15.5. The van der Waals surface area contributed by atoms with Crippen molar-refractivity contribution in [3.05, 3.63) is 60.7 Å². The summed E-state index contributed by atoms with van der Waals surface area (Å²) in [4.78, 5) is 9.33. The van der Waals surface area contributed by atoms with Gasteiger partial charge in [0, 0.05) is 23.1 Å². The lowest BCUT2D eigenvalue weighted by molar-refractivity contribution is 0.419. The Morgan fingerprint density at radius 3 is 2.61 bits per heavy atom. The van der Waals surface area contributed by atoms with Gasteiger partial charge in [-0.05, 0) is 36.8 Å². The molecule has 7 heteroatoms. The molecule has 0 spiro atoms. The molecule has 1 N–H and O–H groups in total. The molecule has 0 bridgehead atoms. The van der Waals surface area contributed by atoms with Crippen molar-refractivity contribution in [3.63, 3.8) is 0 Å². The fourth-order valence-electron chi connectivity index (χ4n) is 3.06. The summed E-state index contributed by atoms with van der Waals surface area (Å²) in [5, 5.41) is 11.7. The van der Waals surface area contributed by atoms with Crippen LogP contribution in [0.4, 0.5) is 10.2 Å². The number of methoxy groups -OCH3 is 1. The monoisotopic (exact) mass is 375 g/mol. The fraction of sp³-hybridized carbons (Fsp3) is 0.143. The molecular formula is C21H18FN5O. The number of halogens is 1. The van der Waals surface area contributed by atoms with E-state index < -0.39 is 0 Å². The van der Waals surface area contributed by atoms with Gasteiger partial charge >= 0.3 is 0 Å². The summed E-state index contributed by atoms with van der Waals surface area (Å²) in [5.74, 6) is 1.40. The Balaban J connectivity index is 1.99. The smallest absolute Gasteiger partial charge is 0.163 e. The number of fused-ring (bicyclic) bond motifs is 1. The molecule has 4 aromatic rings. The quantitative estimate of drug-likeness (QED) is 0.560. The van der Waals surface area contributed by atoms with Gasteiger partial charge in [-0.25, -0.2) is 14.4 Å². The molecule has 2 aromatic heterocycles. The molecule has 28 heavy (non-hydrogen) atoms. The maximum atomic E-state index is 14.3. The SMILES string of the molecule is CCNc1nc(-c2ccnnc2)nc2c(OC)cc(-c3ccccc3F)cc12. The summed E-state index contributed by atoms with van der Waals surface area (Å²) in [6.45, 7) is 2.66. The Morgan fingerprint density at radius 1 is 1.04 bits per heavy atom. The summed E-state index contributed by atoms with van der Waals surface area (Å²) in [6.07, 6.45) is 3.20. The van der Waals surface area contributed by atoms with Gasteiger partial charge in [0.2, 0.25) is 0 Å². The second kappa shape index (κ2) is 7.56. The lowest BCUT2D eigenvalue weighted by Gasteiger charge is -2.14. The molecule has 0 unspecified atom stereocenters. The number of benzene rings is 2. The molecule has 0 aliphatic heterocycles. The zero-order chi connectivity index (χ0) is 19.5. The molecule has 140 valence electrons. The number of anilines is 1. The van der Waals surface area contributed by atoms with Gasteiger partial charge in [0.1, 0.15) is 22.9 Å².